The van der Waals surface area contributed by atoms with Crippen LogP contribution in [0.25, 0.3) is 0 Å². The van der Waals surface area contributed by atoms with Crippen molar-refractivity contribution in [3.63, 3.8) is 0 Å². The second-order valence-electron chi connectivity index (χ2n) is 4.32. The highest BCUT2D eigenvalue weighted by Crippen LogP contribution is 2.33. The summed E-state index contributed by atoms with van der Waals surface area (Å²) in [5.74, 6) is -0.589. The van der Waals surface area contributed by atoms with Crippen LogP contribution in [0.1, 0.15) is 18.9 Å². The number of hydrogen-bond donors (Lipinski definition) is 2. The van der Waals surface area contributed by atoms with Crippen molar-refractivity contribution < 1.29 is 26.4 Å². The summed E-state index contributed by atoms with van der Waals surface area (Å²) in [4.78, 5) is 10.6. The lowest BCUT2D eigenvalue weighted by Crippen LogP contribution is -2.37. The molecule has 124 valence electrons. The Morgan fingerprint density at radius 2 is 1.95 bits per heavy atom. The fraction of sp³-hybridized carbons (Fsp3) is 0.417. The molecule has 1 amide bonds. The second kappa shape index (κ2) is 7.30. The lowest BCUT2D eigenvalue weighted by Gasteiger charge is -2.12. The van der Waals surface area contributed by atoms with Crippen molar-refractivity contribution >= 4 is 27.5 Å². The van der Waals surface area contributed by atoms with E-state index in [0.717, 1.165) is 6.07 Å². The Morgan fingerprint density at radius 3 is 2.50 bits per heavy atom. The summed E-state index contributed by atoms with van der Waals surface area (Å²) in [6.07, 6.45) is -4.04. The maximum absolute atomic E-state index is 12.6. The predicted octanol–water partition coefficient (Wildman–Crippen LogP) is 2.16. The largest absolute Gasteiger partial charge is 0.416 e. The number of sulfonamides is 1. The number of hydrogen-bond acceptors (Lipinski definition) is 3. The molecule has 10 heteroatoms. The quantitative estimate of drug-likeness (QED) is 0.818. The van der Waals surface area contributed by atoms with Gasteiger partial charge in [-0.05, 0) is 24.6 Å². The number of halogens is 4. The zero-order valence-electron chi connectivity index (χ0n) is 11.5. The molecule has 0 aliphatic carbocycles. The topological polar surface area (TPSA) is 75.3 Å². The van der Waals surface area contributed by atoms with Gasteiger partial charge in [-0.25, -0.2) is 13.1 Å². The molecule has 0 heterocycles. The maximum atomic E-state index is 12.6. The van der Waals surface area contributed by atoms with Crippen LogP contribution < -0.4 is 10.0 Å². The first-order valence-electron chi connectivity index (χ1n) is 6.21. The minimum atomic E-state index is -4.70. The van der Waals surface area contributed by atoms with E-state index in [9.17, 15) is 26.4 Å². The van der Waals surface area contributed by atoms with E-state index in [0.29, 0.717) is 25.1 Å². The highest BCUT2D eigenvalue weighted by Gasteiger charge is 2.32. The monoisotopic (exact) mass is 358 g/mol. The minimum Gasteiger partial charge on any atom is -0.355 e. The van der Waals surface area contributed by atoms with Gasteiger partial charge in [-0.3, -0.25) is 4.79 Å². The van der Waals surface area contributed by atoms with Crippen molar-refractivity contribution in [3.05, 3.63) is 28.8 Å². The van der Waals surface area contributed by atoms with E-state index >= 15 is 0 Å². The fourth-order valence-corrected chi connectivity index (χ4v) is 2.96. The van der Waals surface area contributed by atoms with Gasteiger partial charge in [-0.2, -0.15) is 13.2 Å². The lowest BCUT2D eigenvalue weighted by molar-refractivity contribution is -0.137. The van der Waals surface area contributed by atoms with Crippen molar-refractivity contribution in [2.45, 2.75) is 24.4 Å². The maximum Gasteiger partial charge on any atom is 0.416 e. The first kappa shape index (κ1) is 18.7. The zero-order valence-corrected chi connectivity index (χ0v) is 13.1. The van der Waals surface area contributed by atoms with Crippen LogP contribution in [0.2, 0.25) is 5.02 Å². The van der Waals surface area contributed by atoms with E-state index in [-0.39, 0.29) is 5.02 Å². The Labute approximate surface area is 130 Å². The van der Waals surface area contributed by atoms with E-state index in [4.69, 9.17) is 11.6 Å². The molecule has 1 aromatic rings. The van der Waals surface area contributed by atoms with Gasteiger partial charge < -0.3 is 5.32 Å². The standard InChI is InChI=1S/C12H14ClF3N2O3S/c1-2-5-17-11(19)7-18-22(20,21)10-6-8(12(14,15)16)3-4-9(10)13/h3-4,6,18H,2,5,7H2,1H3,(H,17,19). The second-order valence-corrected chi connectivity index (χ2v) is 6.46. The molecule has 0 saturated heterocycles. The van der Waals surface area contributed by atoms with Gasteiger partial charge in [0.2, 0.25) is 15.9 Å². The van der Waals surface area contributed by atoms with Gasteiger partial charge in [-0.15, -0.1) is 0 Å². The highest BCUT2D eigenvalue weighted by molar-refractivity contribution is 7.89. The van der Waals surface area contributed by atoms with Crippen LogP contribution in [0, 0.1) is 0 Å². The van der Waals surface area contributed by atoms with Crippen molar-refractivity contribution in [2.24, 2.45) is 0 Å². The summed E-state index contributed by atoms with van der Waals surface area (Å²) in [6.45, 7) is 1.59. The normalized spacial score (nSPS) is 12.2. The predicted molar refractivity (Wildman–Crippen MR) is 74.9 cm³/mol. The van der Waals surface area contributed by atoms with Crippen LogP contribution in [0.4, 0.5) is 13.2 Å². The van der Waals surface area contributed by atoms with Gasteiger partial charge in [0.15, 0.2) is 0 Å². The van der Waals surface area contributed by atoms with Crippen molar-refractivity contribution in [3.8, 4) is 0 Å². The summed E-state index contributed by atoms with van der Waals surface area (Å²) in [6, 6.07) is 1.94. The average Bonchev–Trinajstić information content (AvgIpc) is 2.42. The van der Waals surface area contributed by atoms with Crippen LogP contribution in [0.5, 0.6) is 0 Å². The fourth-order valence-electron chi connectivity index (χ4n) is 1.45. The molecule has 0 bridgehead atoms. The smallest absolute Gasteiger partial charge is 0.355 e. The number of nitrogens with one attached hydrogen (secondary N) is 2. The molecule has 0 atom stereocenters. The molecular weight excluding hydrogens is 345 g/mol. The molecule has 0 unspecified atom stereocenters. The first-order chi connectivity index (χ1) is 10.1. The van der Waals surface area contributed by atoms with Crippen LogP contribution in [-0.4, -0.2) is 27.4 Å². The third-order valence-electron chi connectivity index (χ3n) is 2.54. The van der Waals surface area contributed by atoms with Gasteiger partial charge in [0.25, 0.3) is 0 Å². The van der Waals surface area contributed by atoms with E-state index < -0.39 is 39.1 Å². The van der Waals surface area contributed by atoms with E-state index in [2.05, 4.69) is 5.32 Å². The Hall–Kier alpha value is -1.32. The minimum absolute atomic E-state index is 0.366. The highest BCUT2D eigenvalue weighted by atomic mass is 35.5. The molecule has 5 nitrogen and oxygen atoms in total. The van der Waals surface area contributed by atoms with Gasteiger partial charge in [0, 0.05) is 6.54 Å². The number of carbonyl (C=O) groups excluding carboxylic acids is 1. The summed E-state index contributed by atoms with van der Waals surface area (Å²) in [7, 11) is -4.34. The molecule has 1 rings (SSSR count). The zero-order chi connectivity index (χ0) is 17.0. The number of alkyl halides is 3. The van der Waals surface area contributed by atoms with Crippen molar-refractivity contribution in [1.29, 1.82) is 0 Å². The molecule has 0 radical (unpaired) electrons. The molecular formula is C12H14ClF3N2O3S. The third kappa shape index (κ3) is 5.15. The molecule has 0 spiro atoms. The summed E-state index contributed by atoms with van der Waals surface area (Å²) < 4.78 is 63.7. The molecule has 0 aromatic heterocycles. The molecule has 0 saturated carbocycles. The van der Waals surface area contributed by atoms with Crippen molar-refractivity contribution in [2.75, 3.05) is 13.1 Å². The molecule has 22 heavy (non-hydrogen) atoms. The molecule has 0 aliphatic heterocycles. The van der Waals surface area contributed by atoms with Crippen LogP contribution >= 0.6 is 11.6 Å². The Morgan fingerprint density at radius 1 is 1.32 bits per heavy atom. The van der Waals surface area contributed by atoms with Crippen LogP contribution in [0.3, 0.4) is 0 Å². The summed E-state index contributed by atoms with van der Waals surface area (Å²) in [5, 5.41) is 2.06. The Kier molecular flexibility index (Phi) is 6.21. The first-order valence-corrected chi connectivity index (χ1v) is 8.07. The van der Waals surface area contributed by atoms with Crippen molar-refractivity contribution in [1.82, 2.24) is 10.0 Å². The van der Waals surface area contributed by atoms with Gasteiger partial charge in [0.1, 0.15) is 4.90 Å². The molecule has 0 fully saturated rings. The molecule has 1 aromatic carbocycles. The molecule has 2 N–H and O–H groups in total. The van der Waals surface area contributed by atoms with E-state index in [1.165, 1.54) is 0 Å². The van der Waals surface area contributed by atoms with Crippen LogP contribution in [0.15, 0.2) is 23.1 Å². The lowest BCUT2D eigenvalue weighted by atomic mass is 10.2. The van der Waals surface area contributed by atoms with E-state index in [1.54, 1.807) is 0 Å². The third-order valence-corrected chi connectivity index (χ3v) is 4.43. The van der Waals surface area contributed by atoms with Gasteiger partial charge in [-0.1, -0.05) is 18.5 Å². The molecule has 0 aliphatic rings. The number of rotatable bonds is 6. The average molecular weight is 359 g/mol. The number of benzene rings is 1. The van der Waals surface area contributed by atoms with Gasteiger partial charge >= 0.3 is 6.18 Å². The Balaban J connectivity index is 2.96. The van der Waals surface area contributed by atoms with E-state index in [1.807, 2.05) is 11.6 Å². The van der Waals surface area contributed by atoms with Crippen LogP contribution in [-0.2, 0) is 21.0 Å². The Bertz CT molecular complexity index is 648. The summed E-state index contributed by atoms with van der Waals surface area (Å²) in [5.41, 5.74) is -1.15. The number of amides is 1. The van der Waals surface area contributed by atoms with Gasteiger partial charge in [0.05, 0.1) is 17.1 Å². The number of carbonyl (C=O) groups is 1. The SMILES string of the molecule is CCCNC(=O)CNS(=O)(=O)c1cc(C(F)(F)F)ccc1Cl. The summed E-state index contributed by atoms with van der Waals surface area (Å²) >= 11 is 5.64.